The molecule has 1 heterocycles. The van der Waals surface area contributed by atoms with Gasteiger partial charge in [0, 0.05) is 24.2 Å². The van der Waals surface area contributed by atoms with Crippen LogP contribution in [-0.4, -0.2) is 18.0 Å². The van der Waals surface area contributed by atoms with Gasteiger partial charge >= 0.3 is 0 Å². The molecule has 1 aliphatic carbocycles. The zero-order chi connectivity index (χ0) is 14.8. The van der Waals surface area contributed by atoms with Crippen LogP contribution in [0.15, 0.2) is 18.2 Å². The van der Waals surface area contributed by atoms with Crippen LogP contribution >= 0.6 is 12.4 Å². The highest BCUT2D eigenvalue weighted by atomic mass is 35.5. The molecule has 0 aromatic heterocycles. The molecule has 2 fully saturated rings. The second-order valence-corrected chi connectivity index (χ2v) is 6.06. The first-order valence-corrected chi connectivity index (χ1v) is 7.61. The van der Waals surface area contributed by atoms with Crippen molar-refractivity contribution in [3.8, 4) is 0 Å². The topological polar surface area (TPSA) is 41.1 Å². The predicted octanol–water partition coefficient (Wildman–Crippen LogP) is 2.92. The summed E-state index contributed by atoms with van der Waals surface area (Å²) in [5.74, 6) is -0.724. The minimum atomic E-state index is -0.622. The van der Waals surface area contributed by atoms with E-state index < -0.39 is 11.6 Å². The predicted molar refractivity (Wildman–Crippen MR) is 82.7 cm³/mol. The van der Waals surface area contributed by atoms with E-state index in [9.17, 15) is 13.6 Å². The summed E-state index contributed by atoms with van der Waals surface area (Å²) in [6, 6.07) is 3.68. The van der Waals surface area contributed by atoms with Crippen LogP contribution in [0.5, 0.6) is 0 Å². The summed E-state index contributed by atoms with van der Waals surface area (Å²) in [5, 5.41) is 6.13. The highest BCUT2D eigenvalue weighted by Crippen LogP contribution is 2.33. The molecule has 0 spiro atoms. The van der Waals surface area contributed by atoms with Gasteiger partial charge in [-0.2, -0.15) is 0 Å². The number of carbonyl (C=O) groups excluding carboxylic acids is 1. The summed E-state index contributed by atoms with van der Waals surface area (Å²) < 4.78 is 26.3. The van der Waals surface area contributed by atoms with Gasteiger partial charge in [-0.25, -0.2) is 8.78 Å². The largest absolute Gasteiger partial charge is 0.351 e. The summed E-state index contributed by atoms with van der Waals surface area (Å²) in [6.07, 6.45) is 5.67. The Labute approximate surface area is 135 Å². The van der Waals surface area contributed by atoms with Gasteiger partial charge in [0.2, 0.25) is 5.91 Å². The van der Waals surface area contributed by atoms with Crippen molar-refractivity contribution in [3.63, 3.8) is 0 Å². The maximum absolute atomic E-state index is 13.5. The lowest BCUT2D eigenvalue weighted by molar-refractivity contribution is -0.123. The van der Waals surface area contributed by atoms with E-state index in [0.29, 0.717) is 17.5 Å². The third-order valence-electron chi connectivity index (χ3n) is 4.65. The number of rotatable bonds is 3. The summed E-state index contributed by atoms with van der Waals surface area (Å²) in [6.45, 7) is 0.0957. The van der Waals surface area contributed by atoms with E-state index >= 15 is 0 Å². The van der Waals surface area contributed by atoms with E-state index in [1.54, 1.807) is 0 Å². The number of hydrogen-bond acceptors (Lipinski definition) is 2. The van der Waals surface area contributed by atoms with E-state index in [1.807, 2.05) is 0 Å². The van der Waals surface area contributed by atoms with Crippen molar-refractivity contribution in [1.29, 1.82) is 0 Å². The Morgan fingerprint density at radius 1 is 1.27 bits per heavy atom. The van der Waals surface area contributed by atoms with Crippen molar-refractivity contribution in [1.82, 2.24) is 10.6 Å². The Kier molecular flexibility index (Phi) is 5.75. The van der Waals surface area contributed by atoms with E-state index in [-0.39, 0.29) is 30.9 Å². The monoisotopic (exact) mass is 330 g/mol. The van der Waals surface area contributed by atoms with E-state index in [0.717, 1.165) is 18.9 Å². The highest BCUT2D eigenvalue weighted by molar-refractivity contribution is 5.85. The molecule has 1 aromatic carbocycles. The van der Waals surface area contributed by atoms with Gasteiger partial charge in [0.1, 0.15) is 11.6 Å². The minimum Gasteiger partial charge on any atom is -0.351 e. The van der Waals surface area contributed by atoms with Gasteiger partial charge in [0.15, 0.2) is 0 Å². The Morgan fingerprint density at radius 3 is 2.77 bits per heavy atom. The van der Waals surface area contributed by atoms with Crippen molar-refractivity contribution in [3.05, 3.63) is 35.4 Å². The Morgan fingerprint density at radius 2 is 2.05 bits per heavy atom. The van der Waals surface area contributed by atoms with Gasteiger partial charge in [0.25, 0.3) is 0 Å². The summed E-state index contributed by atoms with van der Waals surface area (Å²) >= 11 is 0. The molecule has 3 unspecified atom stereocenters. The lowest BCUT2D eigenvalue weighted by Crippen LogP contribution is -2.43. The fourth-order valence-electron chi connectivity index (χ4n) is 3.49. The molecule has 2 aliphatic rings. The van der Waals surface area contributed by atoms with Crippen LogP contribution in [0.2, 0.25) is 0 Å². The zero-order valence-corrected chi connectivity index (χ0v) is 13.1. The molecule has 122 valence electrons. The Hall–Kier alpha value is -1.20. The number of benzene rings is 1. The third-order valence-corrected chi connectivity index (χ3v) is 4.65. The Bertz CT molecular complexity index is 527. The summed E-state index contributed by atoms with van der Waals surface area (Å²) in [7, 11) is 0. The first-order chi connectivity index (χ1) is 10.1. The second kappa shape index (κ2) is 7.38. The molecule has 2 N–H and O–H groups in total. The molecule has 3 rings (SSSR count). The molecule has 1 saturated heterocycles. The van der Waals surface area contributed by atoms with Crippen LogP contribution in [0, 0.1) is 17.6 Å². The van der Waals surface area contributed by atoms with Crippen LogP contribution in [0.1, 0.15) is 37.7 Å². The fourth-order valence-corrected chi connectivity index (χ4v) is 3.49. The standard InChI is InChI=1S/C16H20F2N2O.ClH/c17-12-6-5-11(13(18)8-12)9-19-16(21)15-7-10-3-1-2-4-14(10)20-15;/h5-6,8,10,14-15,20H,1-4,7,9H2,(H,19,21);1H. The number of hydrogen-bond donors (Lipinski definition) is 2. The number of fused-ring (bicyclic) bond motifs is 1. The molecule has 6 heteroatoms. The first-order valence-electron chi connectivity index (χ1n) is 7.61. The van der Waals surface area contributed by atoms with Crippen LogP contribution in [0.25, 0.3) is 0 Å². The van der Waals surface area contributed by atoms with E-state index in [4.69, 9.17) is 0 Å². The molecule has 1 aromatic rings. The maximum atomic E-state index is 13.5. The number of halogens is 3. The van der Waals surface area contributed by atoms with E-state index in [2.05, 4.69) is 10.6 Å². The van der Waals surface area contributed by atoms with Crippen molar-refractivity contribution in [2.45, 2.75) is 50.7 Å². The first kappa shape index (κ1) is 17.2. The van der Waals surface area contributed by atoms with E-state index in [1.165, 1.54) is 31.4 Å². The highest BCUT2D eigenvalue weighted by Gasteiger charge is 2.37. The van der Waals surface area contributed by atoms with Gasteiger partial charge in [-0.1, -0.05) is 18.9 Å². The average Bonchev–Trinajstić information content (AvgIpc) is 2.90. The molecule has 1 saturated carbocycles. The van der Waals surface area contributed by atoms with Crippen LogP contribution in [0.3, 0.4) is 0 Å². The SMILES string of the molecule is Cl.O=C(NCc1ccc(F)cc1F)C1CC2CCCCC2N1. The van der Waals surface area contributed by atoms with Crippen LogP contribution < -0.4 is 10.6 Å². The Balaban J connectivity index is 0.00000176. The molecule has 3 nitrogen and oxygen atoms in total. The molecule has 22 heavy (non-hydrogen) atoms. The van der Waals surface area contributed by atoms with Gasteiger partial charge < -0.3 is 10.6 Å². The summed E-state index contributed by atoms with van der Waals surface area (Å²) in [4.78, 5) is 12.2. The average molecular weight is 331 g/mol. The van der Waals surface area contributed by atoms with Gasteiger partial charge in [0.05, 0.1) is 6.04 Å². The zero-order valence-electron chi connectivity index (χ0n) is 12.3. The smallest absolute Gasteiger partial charge is 0.237 e. The van der Waals surface area contributed by atoms with Crippen molar-refractivity contribution >= 4 is 18.3 Å². The van der Waals surface area contributed by atoms with Gasteiger partial charge in [-0.15, -0.1) is 12.4 Å². The molecule has 0 radical (unpaired) electrons. The number of amides is 1. The van der Waals surface area contributed by atoms with Crippen LogP contribution in [-0.2, 0) is 11.3 Å². The van der Waals surface area contributed by atoms with Crippen LogP contribution in [0.4, 0.5) is 8.78 Å². The molecule has 0 bridgehead atoms. The summed E-state index contributed by atoms with van der Waals surface area (Å²) in [5.41, 5.74) is 0.306. The van der Waals surface area contributed by atoms with Gasteiger partial charge in [-0.05, 0) is 31.2 Å². The number of carbonyl (C=O) groups is 1. The molecule has 1 aliphatic heterocycles. The van der Waals surface area contributed by atoms with Gasteiger partial charge in [-0.3, -0.25) is 4.79 Å². The molecule has 3 atom stereocenters. The molecular weight excluding hydrogens is 310 g/mol. The lowest BCUT2D eigenvalue weighted by Gasteiger charge is -2.24. The molecule has 1 amide bonds. The number of nitrogens with one attached hydrogen (secondary N) is 2. The quantitative estimate of drug-likeness (QED) is 0.894. The van der Waals surface area contributed by atoms with Crippen molar-refractivity contribution in [2.24, 2.45) is 5.92 Å². The fraction of sp³-hybridized carbons (Fsp3) is 0.562. The lowest BCUT2D eigenvalue weighted by atomic mass is 9.85. The maximum Gasteiger partial charge on any atom is 0.237 e. The van der Waals surface area contributed by atoms with Crippen molar-refractivity contribution < 1.29 is 13.6 Å². The van der Waals surface area contributed by atoms with Crippen molar-refractivity contribution in [2.75, 3.05) is 0 Å². The third kappa shape index (κ3) is 3.76. The molecular formula is C16H21ClF2N2O. The second-order valence-electron chi connectivity index (χ2n) is 6.06. The minimum absolute atomic E-state index is 0. The normalized spacial score (nSPS) is 26.9.